The molecule has 0 aliphatic heterocycles. The van der Waals surface area contributed by atoms with Crippen molar-refractivity contribution in [3.8, 4) is 5.75 Å². The molecule has 0 N–H and O–H groups in total. The molecule has 22 heavy (non-hydrogen) atoms. The lowest BCUT2D eigenvalue weighted by Gasteiger charge is -2.06. The smallest absolute Gasteiger partial charge is 0.188 e. The molecule has 2 aromatic rings. The monoisotopic (exact) mass is 296 g/mol. The molecule has 0 aliphatic carbocycles. The van der Waals surface area contributed by atoms with Gasteiger partial charge in [0.1, 0.15) is 19.0 Å². The van der Waals surface area contributed by atoms with Crippen molar-refractivity contribution >= 4 is 5.78 Å². The Labute approximate surface area is 131 Å². The maximum atomic E-state index is 11.8. The van der Waals surface area contributed by atoms with Crippen molar-refractivity contribution in [1.82, 2.24) is 0 Å². The van der Waals surface area contributed by atoms with E-state index in [1.54, 1.807) is 12.1 Å². The van der Waals surface area contributed by atoms with Crippen molar-refractivity contribution in [3.05, 3.63) is 78.1 Å². The fraction of sp³-hybridized carbons (Fsp3) is 0.211. The third-order valence-corrected chi connectivity index (χ3v) is 3.18. The second kappa shape index (κ2) is 8.67. The first kappa shape index (κ1) is 15.8. The van der Waals surface area contributed by atoms with Gasteiger partial charge in [0, 0.05) is 11.6 Å². The number of carbonyl (C=O) groups excluding carboxylic acids is 1. The zero-order valence-corrected chi connectivity index (χ0v) is 12.7. The Bertz CT molecular complexity index is 600. The molecule has 0 amide bonds. The topological polar surface area (TPSA) is 35.5 Å². The lowest BCUT2D eigenvalue weighted by molar-refractivity contribution is 0.104. The Kier molecular flexibility index (Phi) is 6.24. The Morgan fingerprint density at radius 1 is 1.00 bits per heavy atom. The average molecular weight is 296 g/mol. The molecule has 3 nitrogen and oxygen atoms in total. The highest BCUT2D eigenvalue weighted by molar-refractivity contribution is 6.04. The van der Waals surface area contributed by atoms with Crippen LogP contribution in [-0.2, 0) is 11.2 Å². The molecule has 0 atom stereocenters. The summed E-state index contributed by atoms with van der Waals surface area (Å²) >= 11 is 0. The second-order valence-electron chi connectivity index (χ2n) is 4.75. The molecular formula is C19H20O3. The molecular weight excluding hydrogens is 276 g/mol. The van der Waals surface area contributed by atoms with Gasteiger partial charge in [0.05, 0.1) is 6.26 Å². The van der Waals surface area contributed by atoms with E-state index >= 15 is 0 Å². The van der Waals surface area contributed by atoms with Gasteiger partial charge in [0.25, 0.3) is 0 Å². The molecule has 0 fully saturated rings. The molecule has 0 heterocycles. The molecule has 0 radical (unpaired) electrons. The molecule has 0 spiro atoms. The van der Waals surface area contributed by atoms with Gasteiger partial charge in [-0.1, -0.05) is 49.4 Å². The van der Waals surface area contributed by atoms with Crippen LogP contribution in [0.15, 0.2) is 66.9 Å². The van der Waals surface area contributed by atoms with Crippen molar-refractivity contribution < 1.29 is 14.3 Å². The van der Waals surface area contributed by atoms with Crippen molar-refractivity contribution in [2.24, 2.45) is 0 Å². The summed E-state index contributed by atoms with van der Waals surface area (Å²) in [5, 5.41) is 0. The first-order chi connectivity index (χ1) is 10.8. The van der Waals surface area contributed by atoms with Gasteiger partial charge < -0.3 is 9.47 Å². The molecule has 0 saturated heterocycles. The van der Waals surface area contributed by atoms with Gasteiger partial charge in [-0.3, -0.25) is 4.79 Å². The van der Waals surface area contributed by atoms with Crippen molar-refractivity contribution in [1.29, 1.82) is 0 Å². The summed E-state index contributed by atoms with van der Waals surface area (Å²) in [6, 6.07) is 17.1. The summed E-state index contributed by atoms with van der Waals surface area (Å²) in [6.45, 7) is 2.95. The number of aryl methyl sites for hydroxylation is 1. The van der Waals surface area contributed by atoms with E-state index < -0.39 is 0 Å². The lowest BCUT2D eigenvalue weighted by Crippen LogP contribution is -2.04. The van der Waals surface area contributed by atoms with Gasteiger partial charge in [0.2, 0.25) is 0 Å². The lowest BCUT2D eigenvalue weighted by atomic mass is 10.1. The summed E-state index contributed by atoms with van der Waals surface area (Å²) in [4.78, 5) is 11.8. The molecule has 0 saturated carbocycles. The van der Waals surface area contributed by atoms with E-state index in [9.17, 15) is 4.79 Å². The molecule has 0 unspecified atom stereocenters. The predicted octanol–water partition coefficient (Wildman–Crippen LogP) is 4.04. The van der Waals surface area contributed by atoms with E-state index in [2.05, 4.69) is 19.1 Å². The van der Waals surface area contributed by atoms with E-state index in [0.717, 1.165) is 12.2 Å². The molecule has 0 aliphatic rings. The van der Waals surface area contributed by atoms with Crippen molar-refractivity contribution in [3.63, 3.8) is 0 Å². The van der Waals surface area contributed by atoms with Gasteiger partial charge in [-0.05, 0) is 24.1 Å². The Morgan fingerprint density at radius 3 is 2.41 bits per heavy atom. The number of benzene rings is 2. The third kappa shape index (κ3) is 5.09. The number of carbonyl (C=O) groups is 1. The number of rotatable bonds is 8. The van der Waals surface area contributed by atoms with Crippen LogP contribution in [0.25, 0.3) is 0 Å². The van der Waals surface area contributed by atoms with Gasteiger partial charge in [-0.15, -0.1) is 0 Å². The number of ketones is 1. The number of hydrogen-bond donors (Lipinski definition) is 0. The van der Waals surface area contributed by atoms with Crippen LogP contribution in [0.1, 0.15) is 22.8 Å². The highest BCUT2D eigenvalue weighted by Gasteiger charge is 1.99. The highest BCUT2D eigenvalue weighted by atomic mass is 16.5. The third-order valence-electron chi connectivity index (χ3n) is 3.18. The number of ether oxygens (including phenoxy) is 2. The minimum Gasteiger partial charge on any atom is -0.498 e. The SMILES string of the molecule is CCc1ccc(OCCO/C=C/C(=O)c2ccccc2)cc1. The zero-order chi connectivity index (χ0) is 15.6. The Balaban J connectivity index is 1.66. The van der Waals surface area contributed by atoms with Crippen LogP contribution in [0.3, 0.4) is 0 Å². The maximum absolute atomic E-state index is 11.8. The fourth-order valence-electron chi connectivity index (χ4n) is 1.91. The van der Waals surface area contributed by atoms with Gasteiger partial charge in [-0.2, -0.15) is 0 Å². The maximum Gasteiger partial charge on any atom is 0.188 e. The summed E-state index contributed by atoms with van der Waals surface area (Å²) in [6.07, 6.45) is 3.86. The van der Waals surface area contributed by atoms with Crippen LogP contribution < -0.4 is 4.74 Å². The minimum absolute atomic E-state index is 0.0725. The van der Waals surface area contributed by atoms with Gasteiger partial charge >= 0.3 is 0 Å². The van der Waals surface area contributed by atoms with Crippen LogP contribution >= 0.6 is 0 Å². The van der Waals surface area contributed by atoms with Gasteiger partial charge in [0.15, 0.2) is 5.78 Å². The second-order valence-corrected chi connectivity index (χ2v) is 4.75. The molecule has 2 aromatic carbocycles. The minimum atomic E-state index is -0.0725. The molecule has 2 rings (SSSR count). The molecule has 0 aromatic heterocycles. The largest absolute Gasteiger partial charge is 0.498 e. The van der Waals surface area contributed by atoms with Crippen LogP contribution in [0.5, 0.6) is 5.75 Å². The summed E-state index contributed by atoms with van der Waals surface area (Å²) in [5.41, 5.74) is 1.93. The summed E-state index contributed by atoms with van der Waals surface area (Å²) in [5.74, 6) is 0.752. The van der Waals surface area contributed by atoms with Crippen LogP contribution in [-0.4, -0.2) is 19.0 Å². The summed E-state index contributed by atoms with van der Waals surface area (Å²) < 4.78 is 10.8. The predicted molar refractivity (Wildman–Crippen MR) is 87.2 cm³/mol. The van der Waals surface area contributed by atoms with E-state index in [4.69, 9.17) is 9.47 Å². The quantitative estimate of drug-likeness (QED) is 0.319. The van der Waals surface area contributed by atoms with E-state index in [1.165, 1.54) is 17.9 Å². The average Bonchev–Trinajstić information content (AvgIpc) is 2.59. The van der Waals surface area contributed by atoms with Gasteiger partial charge in [-0.25, -0.2) is 0 Å². The first-order valence-electron chi connectivity index (χ1n) is 7.39. The van der Waals surface area contributed by atoms with E-state index in [0.29, 0.717) is 18.8 Å². The number of hydrogen-bond acceptors (Lipinski definition) is 3. The van der Waals surface area contributed by atoms with Crippen LogP contribution in [0.2, 0.25) is 0 Å². The summed E-state index contributed by atoms with van der Waals surface area (Å²) in [7, 11) is 0. The molecule has 3 heteroatoms. The Hall–Kier alpha value is -2.55. The number of allylic oxidation sites excluding steroid dienone is 1. The molecule has 114 valence electrons. The molecule has 0 bridgehead atoms. The van der Waals surface area contributed by atoms with Crippen LogP contribution in [0.4, 0.5) is 0 Å². The standard InChI is InChI=1S/C19H20O3/c1-2-16-8-10-18(11-9-16)22-15-14-21-13-12-19(20)17-6-4-3-5-7-17/h3-13H,2,14-15H2,1H3/b13-12+. The van der Waals surface area contributed by atoms with Crippen molar-refractivity contribution in [2.45, 2.75) is 13.3 Å². The first-order valence-corrected chi connectivity index (χ1v) is 7.39. The zero-order valence-electron chi connectivity index (χ0n) is 12.7. The van der Waals surface area contributed by atoms with E-state index in [1.807, 2.05) is 30.3 Å². The Morgan fingerprint density at radius 2 is 1.73 bits per heavy atom. The van der Waals surface area contributed by atoms with E-state index in [-0.39, 0.29) is 5.78 Å². The fourth-order valence-corrected chi connectivity index (χ4v) is 1.91. The highest BCUT2D eigenvalue weighted by Crippen LogP contribution is 2.12. The van der Waals surface area contributed by atoms with Crippen molar-refractivity contribution in [2.75, 3.05) is 13.2 Å². The van der Waals surface area contributed by atoms with Crippen LogP contribution in [0, 0.1) is 0 Å². The normalized spacial score (nSPS) is 10.6.